The molecule has 0 bridgehead atoms. The molecule has 4 heteroatoms. The van der Waals surface area contributed by atoms with Crippen molar-refractivity contribution in [2.24, 2.45) is 0 Å². The number of hydrogen-bond donors (Lipinski definition) is 2. The fourth-order valence-corrected chi connectivity index (χ4v) is 2.86. The Bertz CT molecular complexity index is 638. The number of benzene rings is 2. The average molecular weight is 401 g/mol. The van der Waals surface area contributed by atoms with Crippen molar-refractivity contribution in [3.8, 4) is 11.5 Å². The molecule has 2 N–H and O–H groups in total. The number of carbonyl (C=O) groups excluding carboxylic acids is 1. The van der Waals surface area contributed by atoms with Crippen molar-refractivity contribution in [2.45, 2.75) is 71.1 Å². The van der Waals surface area contributed by atoms with E-state index in [4.69, 9.17) is 14.9 Å². The van der Waals surface area contributed by atoms with Crippen molar-refractivity contribution in [1.29, 1.82) is 0 Å². The number of hydrogen-bond acceptors (Lipinski definition) is 4. The van der Waals surface area contributed by atoms with Crippen molar-refractivity contribution < 1.29 is 19.7 Å². The molecule has 4 nitrogen and oxygen atoms in total. The Kier molecular flexibility index (Phi) is 13.9. The van der Waals surface area contributed by atoms with E-state index in [1.807, 2.05) is 6.07 Å². The lowest BCUT2D eigenvalue weighted by atomic mass is 10.1. The topological polar surface area (TPSA) is 66.8 Å². The van der Waals surface area contributed by atoms with Crippen LogP contribution in [-0.4, -0.2) is 22.8 Å². The third-order valence-electron chi connectivity index (χ3n) is 4.59. The van der Waals surface area contributed by atoms with Gasteiger partial charge in [-0.2, -0.15) is 0 Å². The van der Waals surface area contributed by atoms with Crippen LogP contribution in [0.1, 0.15) is 81.5 Å². The summed E-state index contributed by atoms with van der Waals surface area (Å²) in [6, 6.07) is 14.9. The summed E-state index contributed by atoms with van der Waals surface area (Å²) in [5.74, 6) is 0.171. The molecule has 0 unspecified atom stereocenters. The first-order valence-corrected chi connectivity index (χ1v) is 10.8. The molecule has 0 aliphatic rings. The van der Waals surface area contributed by atoms with Gasteiger partial charge in [0.2, 0.25) is 0 Å². The summed E-state index contributed by atoms with van der Waals surface area (Å²) in [6.45, 7) is 2.73. The first kappa shape index (κ1) is 24.5. The Labute approximate surface area is 175 Å². The number of phenolic OH excluding ortho intramolecular Hbond substituents is 2. The molecular formula is C25H36O4. The van der Waals surface area contributed by atoms with Gasteiger partial charge in [-0.1, -0.05) is 82.9 Å². The summed E-state index contributed by atoms with van der Waals surface area (Å²) in [7, 11) is 0. The van der Waals surface area contributed by atoms with Gasteiger partial charge in [0.25, 0.3) is 0 Å². The highest BCUT2D eigenvalue weighted by Crippen LogP contribution is 2.12. The normalized spacial score (nSPS) is 10.1. The summed E-state index contributed by atoms with van der Waals surface area (Å²) in [5.41, 5.74) is 0.491. The average Bonchev–Trinajstić information content (AvgIpc) is 2.73. The molecule has 0 fully saturated rings. The highest BCUT2D eigenvalue weighted by atomic mass is 16.5. The van der Waals surface area contributed by atoms with Crippen LogP contribution in [0, 0.1) is 0 Å². The number of carbonyl (C=O) groups is 1. The summed E-state index contributed by atoms with van der Waals surface area (Å²) >= 11 is 0. The zero-order valence-electron chi connectivity index (χ0n) is 17.7. The van der Waals surface area contributed by atoms with Crippen LogP contribution in [-0.2, 0) is 4.74 Å². The quantitative estimate of drug-likeness (QED) is 0.301. The van der Waals surface area contributed by atoms with Crippen LogP contribution in [0.5, 0.6) is 11.5 Å². The molecule has 0 radical (unpaired) electrons. The number of para-hydroxylation sites is 1. The van der Waals surface area contributed by atoms with Crippen LogP contribution < -0.4 is 0 Å². The smallest absolute Gasteiger partial charge is 0.338 e. The lowest BCUT2D eigenvalue weighted by molar-refractivity contribution is 0.0497. The van der Waals surface area contributed by atoms with Crippen LogP contribution in [0.4, 0.5) is 0 Å². The van der Waals surface area contributed by atoms with Crippen molar-refractivity contribution in [1.82, 2.24) is 0 Å². The Morgan fingerprint density at radius 2 is 1.17 bits per heavy atom. The molecule has 0 aliphatic heterocycles. The number of unbranched alkanes of at least 4 members (excludes halogenated alkanes) is 9. The number of aromatic hydroxyl groups is 2. The van der Waals surface area contributed by atoms with Crippen LogP contribution in [0.25, 0.3) is 0 Å². The fourth-order valence-electron chi connectivity index (χ4n) is 2.86. The third-order valence-corrected chi connectivity index (χ3v) is 4.59. The number of rotatable bonds is 12. The summed E-state index contributed by atoms with van der Waals surface area (Å²) in [6.07, 6.45) is 12.7. The maximum Gasteiger partial charge on any atom is 0.338 e. The van der Waals surface area contributed by atoms with Crippen molar-refractivity contribution >= 4 is 5.97 Å². The van der Waals surface area contributed by atoms with E-state index in [1.54, 1.807) is 36.4 Å². The van der Waals surface area contributed by atoms with Gasteiger partial charge in [0.15, 0.2) is 0 Å². The van der Waals surface area contributed by atoms with Crippen LogP contribution in [0.15, 0.2) is 54.6 Å². The van der Waals surface area contributed by atoms with Crippen LogP contribution in [0.2, 0.25) is 0 Å². The SMILES string of the molecule is CCCCCCCCCCCCOC(=O)c1ccc(O)cc1.Oc1ccccc1. The van der Waals surface area contributed by atoms with E-state index in [2.05, 4.69) is 6.92 Å². The van der Waals surface area contributed by atoms with E-state index in [1.165, 1.54) is 63.5 Å². The summed E-state index contributed by atoms with van der Waals surface area (Å²) in [5, 5.41) is 17.8. The Morgan fingerprint density at radius 3 is 1.66 bits per heavy atom. The van der Waals surface area contributed by atoms with Crippen molar-refractivity contribution in [3.05, 3.63) is 60.2 Å². The number of ether oxygens (including phenoxy) is 1. The lowest BCUT2D eigenvalue weighted by Gasteiger charge is -2.05. The first-order chi connectivity index (χ1) is 14.1. The molecule has 2 aromatic carbocycles. The van der Waals surface area contributed by atoms with Gasteiger partial charge < -0.3 is 14.9 Å². The second-order valence-electron chi connectivity index (χ2n) is 7.20. The second kappa shape index (κ2) is 16.5. The van der Waals surface area contributed by atoms with Gasteiger partial charge in [-0.15, -0.1) is 0 Å². The van der Waals surface area contributed by atoms with Crippen molar-refractivity contribution in [3.63, 3.8) is 0 Å². The molecule has 2 aromatic rings. The highest BCUT2D eigenvalue weighted by molar-refractivity contribution is 5.89. The molecule has 0 aromatic heterocycles. The highest BCUT2D eigenvalue weighted by Gasteiger charge is 2.06. The predicted octanol–water partition coefficient (Wildman–Crippen LogP) is 6.86. The monoisotopic (exact) mass is 400 g/mol. The van der Waals surface area contributed by atoms with Gasteiger partial charge in [-0.3, -0.25) is 0 Å². The lowest BCUT2D eigenvalue weighted by Crippen LogP contribution is -2.06. The maximum absolute atomic E-state index is 11.7. The van der Waals surface area contributed by atoms with E-state index < -0.39 is 0 Å². The molecule has 29 heavy (non-hydrogen) atoms. The number of phenols is 2. The Morgan fingerprint density at radius 1 is 0.690 bits per heavy atom. The molecule has 0 atom stereocenters. The van der Waals surface area contributed by atoms with Gasteiger partial charge in [0.1, 0.15) is 11.5 Å². The minimum absolute atomic E-state index is 0.159. The Hall–Kier alpha value is -2.49. The molecule has 0 amide bonds. The molecule has 0 spiro atoms. The zero-order chi connectivity index (χ0) is 21.2. The first-order valence-electron chi connectivity index (χ1n) is 10.8. The van der Waals surface area contributed by atoms with E-state index in [0.717, 1.165) is 12.8 Å². The molecule has 0 saturated heterocycles. The van der Waals surface area contributed by atoms with E-state index in [-0.39, 0.29) is 11.7 Å². The molecule has 0 heterocycles. The number of esters is 1. The molecule has 0 aliphatic carbocycles. The van der Waals surface area contributed by atoms with Crippen molar-refractivity contribution in [2.75, 3.05) is 6.61 Å². The molecular weight excluding hydrogens is 364 g/mol. The largest absolute Gasteiger partial charge is 0.508 e. The molecule has 160 valence electrons. The predicted molar refractivity (Wildman–Crippen MR) is 118 cm³/mol. The standard InChI is InChI=1S/C19H30O3.C6H6O/c1-2-3-4-5-6-7-8-9-10-11-16-22-19(21)17-12-14-18(20)15-13-17;7-6-4-2-1-3-5-6/h12-15,20H,2-11,16H2,1H3;1-5,7H. The third kappa shape index (κ3) is 13.3. The summed E-state index contributed by atoms with van der Waals surface area (Å²) in [4.78, 5) is 11.7. The fraction of sp³-hybridized carbons (Fsp3) is 0.480. The van der Waals surface area contributed by atoms with Gasteiger partial charge in [-0.25, -0.2) is 4.79 Å². The second-order valence-corrected chi connectivity index (χ2v) is 7.20. The summed E-state index contributed by atoms with van der Waals surface area (Å²) < 4.78 is 5.22. The van der Waals surface area contributed by atoms with Gasteiger partial charge in [-0.05, 0) is 42.8 Å². The minimum Gasteiger partial charge on any atom is -0.508 e. The van der Waals surface area contributed by atoms with Gasteiger partial charge in [0, 0.05) is 0 Å². The van der Waals surface area contributed by atoms with Gasteiger partial charge in [0.05, 0.1) is 12.2 Å². The zero-order valence-corrected chi connectivity index (χ0v) is 17.7. The minimum atomic E-state index is -0.309. The van der Waals surface area contributed by atoms with Crippen LogP contribution >= 0.6 is 0 Å². The maximum atomic E-state index is 11.7. The molecule has 0 saturated carbocycles. The van der Waals surface area contributed by atoms with E-state index in [9.17, 15) is 4.79 Å². The van der Waals surface area contributed by atoms with Crippen LogP contribution in [0.3, 0.4) is 0 Å². The van der Waals surface area contributed by atoms with Gasteiger partial charge >= 0.3 is 5.97 Å². The Balaban J connectivity index is 0.000000502. The van der Waals surface area contributed by atoms with E-state index >= 15 is 0 Å². The molecule has 2 rings (SSSR count). The van der Waals surface area contributed by atoms with E-state index in [0.29, 0.717) is 17.9 Å².